The van der Waals surface area contributed by atoms with E-state index >= 15 is 0 Å². The van der Waals surface area contributed by atoms with Crippen molar-refractivity contribution >= 4 is 48.6 Å². The molecule has 1 nitrogen and oxygen atoms in total. The smallest absolute Gasteiger partial charge is 0.0543 e. The summed E-state index contributed by atoms with van der Waals surface area (Å²) in [7, 11) is 0. The highest BCUT2D eigenvalue weighted by atomic mass is 32.1. The molecule has 1 aromatic heterocycles. The minimum absolute atomic E-state index is 0.116. The zero-order chi connectivity index (χ0) is 45.7. The fourth-order valence-corrected chi connectivity index (χ4v) is 13.0. The predicted octanol–water partition coefficient (Wildman–Crippen LogP) is 18.8. The van der Waals surface area contributed by atoms with Crippen LogP contribution in [-0.4, -0.2) is 0 Å². The van der Waals surface area contributed by atoms with Crippen molar-refractivity contribution in [2.45, 2.75) is 38.5 Å². The number of fused-ring (bicyclic) bond motifs is 9. The van der Waals surface area contributed by atoms with Crippen molar-refractivity contribution in [3.05, 3.63) is 247 Å². The predicted molar refractivity (Wildman–Crippen MR) is 291 cm³/mol. The molecule has 1 heterocycles. The summed E-state index contributed by atoms with van der Waals surface area (Å²) in [4.78, 5) is 2.47. The Bertz CT molecular complexity index is 3760. The van der Waals surface area contributed by atoms with E-state index in [9.17, 15) is 0 Å². The van der Waals surface area contributed by atoms with E-state index < -0.39 is 0 Å². The molecule has 0 radical (unpaired) electrons. The van der Waals surface area contributed by atoms with Crippen LogP contribution in [0.1, 0.15) is 49.9 Å². The number of hydrogen-bond acceptors (Lipinski definition) is 2. The van der Waals surface area contributed by atoms with Gasteiger partial charge in [-0.2, -0.15) is 0 Å². The average Bonchev–Trinajstić information content (AvgIpc) is 3.97. The molecule has 0 aliphatic heterocycles. The van der Waals surface area contributed by atoms with E-state index in [-0.39, 0.29) is 10.8 Å². The van der Waals surface area contributed by atoms with Gasteiger partial charge in [-0.15, -0.1) is 11.3 Å². The van der Waals surface area contributed by atoms with Crippen LogP contribution in [0.15, 0.2) is 224 Å². The van der Waals surface area contributed by atoms with Gasteiger partial charge >= 0.3 is 0 Å². The first-order valence-corrected chi connectivity index (χ1v) is 24.6. The van der Waals surface area contributed by atoms with E-state index in [1.165, 1.54) is 115 Å². The summed E-state index contributed by atoms with van der Waals surface area (Å²) in [5.74, 6) is 0. The quantitative estimate of drug-likeness (QED) is 0.154. The molecular formula is C66H49NS. The van der Waals surface area contributed by atoms with Crippen LogP contribution < -0.4 is 4.90 Å². The fourth-order valence-electron chi connectivity index (χ4n) is 11.7. The summed E-state index contributed by atoms with van der Waals surface area (Å²) in [6.07, 6.45) is 0. The molecule has 0 bridgehead atoms. The van der Waals surface area contributed by atoms with Crippen molar-refractivity contribution in [3.63, 3.8) is 0 Å². The standard InChI is InChI=1S/C66H49NS/c1-65(2)57-25-13-11-22-53(57)62-59(65)26-16-27-60(62)67(49-36-31-45(32-37-49)50-23-15-24-52-51-21-12-14-28-61(51)68-64(50)52)48-34-29-43(30-35-48)46-33-38-58-55(39-46)56-41-47(42-17-7-5-8-18-42)40-54(63(56)66(58,3)4)44-19-9-6-10-20-44/h5-41H,1-4H3. The van der Waals surface area contributed by atoms with Crippen LogP contribution in [0.2, 0.25) is 0 Å². The van der Waals surface area contributed by atoms with E-state index in [4.69, 9.17) is 0 Å². The third-order valence-electron chi connectivity index (χ3n) is 15.1. The summed E-state index contributed by atoms with van der Waals surface area (Å²) in [6, 6.07) is 83.6. The van der Waals surface area contributed by atoms with Crippen molar-refractivity contribution in [3.8, 4) is 66.8 Å². The van der Waals surface area contributed by atoms with Gasteiger partial charge in [0, 0.05) is 47.9 Å². The third kappa shape index (κ3) is 6.21. The molecule has 13 rings (SSSR count). The van der Waals surface area contributed by atoms with E-state index in [2.05, 4.69) is 257 Å². The Hall–Kier alpha value is -7.78. The van der Waals surface area contributed by atoms with Gasteiger partial charge in [-0.1, -0.05) is 198 Å². The molecule has 11 aromatic rings. The van der Waals surface area contributed by atoms with Gasteiger partial charge in [0.05, 0.1) is 5.69 Å². The molecular weight excluding hydrogens is 839 g/mol. The largest absolute Gasteiger partial charge is 0.310 e. The molecule has 0 fully saturated rings. The Morgan fingerprint density at radius 1 is 0.338 bits per heavy atom. The Labute approximate surface area is 403 Å². The van der Waals surface area contributed by atoms with Crippen LogP contribution in [0.5, 0.6) is 0 Å². The summed E-state index contributed by atoms with van der Waals surface area (Å²) in [6.45, 7) is 9.52. The van der Waals surface area contributed by atoms with Gasteiger partial charge in [-0.25, -0.2) is 0 Å². The van der Waals surface area contributed by atoms with Crippen molar-refractivity contribution in [2.75, 3.05) is 4.90 Å². The number of rotatable bonds is 7. The monoisotopic (exact) mass is 887 g/mol. The maximum Gasteiger partial charge on any atom is 0.0543 e. The second kappa shape index (κ2) is 15.4. The number of nitrogens with zero attached hydrogens (tertiary/aromatic N) is 1. The topological polar surface area (TPSA) is 3.24 Å². The van der Waals surface area contributed by atoms with E-state index in [0.29, 0.717) is 0 Å². The first kappa shape index (κ1) is 40.5. The Kier molecular flexibility index (Phi) is 9.16. The minimum Gasteiger partial charge on any atom is -0.310 e. The number of thiophene rings is 1. The number of anilines is 3. The highest BCUT2D eigenvalue weighted by Crippen LogP contribution is 2.56. The van der Waals surface area contributed by atoms with Crippen LogP contribution in [0.4, 0.5) is 17.1 Å². The molecule has 0 unspecified atom stereocenters. The van der Waals surface area contributed by atoms with E-state index in [1.54, 1.807) is 0 Å². The molecule has 68 heavy (non-hydrogen) atoms. The highest BCUT2D eigenvalue weighted by Gasteiger charge is 2.39. The van der Waals surface area contributed by atoms with Crippen molar-refractivity contribution in [1.29, 1.82) is 0 Å². The van der Waals surface area contributed by atoms with Gasteiger partial charge in [0.15, 0.2) is 0 Å². The van der Waals surface area contributed by atoms with Crippen molar-refractivity contribution in [1.82, 2.24) is 0 Å². The first-order valence-electron chi connectivity index (χ1n) is 23.8. The summed E-state index contributed by atoms with van der Waals surface area (Å²) in [5, 5.41) is 2.64. The van der Waals surface area contributed by atoms with Crippen molar-refractivity contribution < 1.29 is 0 Å². The molecule has 0 spiro atoms. The van der Waals surface area contributed by atoms with Crippen LogP contribution in [0.25, 0.3) is 86.9 Å². The maximum atomic E-state index is 2.47. The Balaban J connectivity index is 0.933. The van der Waals surface area contributed by atoms with Gasteiger partial charge in [0.2, 0.25) is 0 Å². The average molecular weight is 888 g/mol. The molecule has 0 saturated heterocycles. The zero-order valence-corrected chi connectivity index (χ0v) is 39.5. The summed E-state index contributed by atoms with van der Waals surface area (Å²) >= 11 is 1.89. The molecule has 2 aliphatic rings. The van der Waals surface area contributed by atoms with E-state index in [1.807, 2.05) is 11.3 Å². The molecule has 0 amide bonds. The zero-order valence-electron chi connectivity index (χ0n) is 38.7. The highest BCUT2D eigenvalue weighted by molar-refractivity contribution is 7.26. The van der Waals surface area contributed by atoms with Crippen molar-refractivity contribution in [2.24, 2.45) is 0 Å². The minimum atomic E-state index is -0.170. The molecule has 2 aliphatic carbocycles. The van der Waals surface area contributed by atoms with Gasteiger partial charge < -0.3 is 4.90 Å². The van der Waals surface area contributed by atoms with Gasteiger partial charge in [0.25, 0.3) is 0 Å². The normalized spacial score (nSPS) is 13.8. The third-order valence-corrected chi connectivity index (χ3v) is 16.3. The molecule has 0 saturated carbocycles. The SMILES string of the molecule is CC1(C)c2ccccc2-c2c(N(c3ccc(-c4ccc5c(c4)-c4cc(-c6ccccc6)cc(-c6ccccc6)c4C5(C)C)cc3)c3ccc(-c4cccc5c4sc4ccccc45)cc3)cccc21. The van der Waals surface area contributed by atoms with E-state index in [0.717, 1.165) is 11.4 Å². The summed E-state index contributed by atoms with van der Waals surface area (Å²) < 4.78 is 2.66. The second-order valence-corrected chi connectivity index (χ2v) is 20.7. The number of hydrogen-bond donors (Lipinski definition) is 0. The summed E-state index contributed by atoms with van der Waals surface area (Å²) in [5.41, 5.74) is 23.8. The van der Waals surface area contributed by atoms with Crippen LogP contribution in [0.3, 0.4) is 0 Å². The van der Waals surface area contributed by atoms with Gasteiger partial charge in [-0.3, -0.25) is 0 Å². The lowest BCUT2D eigenvalue weighted by Gasteiger charge is -2.29. The lowest BCUT2D eigenvalue weighted by atomic mass is 9.78. The molecule has 2 heteroatoms. The molecule has 0 N–H and O–H groups in total. The van der Waals surface area contributed by atoms with Gasteiger partial charge in [-0.05, 0) is 138 Å². The molecule has 324 valence electrons. The lowest BCUT2D eigenvalue weighted by molar-refractivity contribution is 0.660. The fraction of sp³-hybridized carbons (Fsp3) is 0.0909. The van der Waals surface area contributed by atoms with Crippen LogP contribution in [-0.2, 0) is 10.8 Å². The molecule has 0 atom stereocenters. The molecule has 10 aromatic carbocycles. The second-order valence-electron chi connectivity index (χ2n) is 19.6. The van der Waals surface area contributed by atoms with Crippen LogP contribution in [0, 0.1) is 0 Å². The number of benzene rings is 10. The lowest BCUT2D eigenvalue weighted by Crippen LogP contribution is -2.16. The Morgan fingerprint density at radius 3 is 1.63 bits per heavy atom. The van der Waals surface area contributed by atoms with Crippen LogP contribution >= 0.6 is 11.3 Å². The maximum absolute atomic E-state index is 2.47. The van der Waals surface area contributed by atoms with Gasteiger partial charge in [0.1, 0.15) is 0 Å². The Morgan fingerprint density at radius 2 is 0.868 bits per heavy atom. The first-order chi connectivity index (χ1) is 33.2.